The molecule has 6 atom stereocenters. The normalized spacial score (nSPS) is 31.2. The van der Waals surface area contributed by atoms with Crippen molar-refractivity contribution in [1.82, 2.24) is 14.6 Å². The van der Waals surface area contributed by atoms with E-state index in [2.05, 4.69) is 5.09 Å². The van der Waals surface area contributed by atoms with Crippen LogP contribution in [-0.2, 0) is 29.1 Å². The van der Waals surface area contributed by atoms with E-state index in [1.54, 1.807) is 38.1 Å². The molecule has 0 radical (unpaired) electrons. The average molecular weight is 550 g/mol. The highest BCUT2D eigenvalue weighted by Gasteiger charge is 2.89. The lowest BCUT2D eigenvalue weighted by atomic mass is 9.86. The van der Waals surface area contributed by atoms with E-state index in [9.17, 15) is 34.4 Å². The fourth-order valence-electron chi connectivity index (χ4n) is 4.23. The summed E-state index contributed by atoms with van der Waals surface area (Å²) < 4.78 is 36.3. The van der Waals surface area contributed by atoms with Crippen LogP contribution in [0.2, 0.25) is 0 Å². The summed E-state index contributed by atoms with van der Waals surface area (Å²) >= 11 is 0. The highest BCUT2D eigenvalue weighted by Crippen LogP contribution is 2.66. The number of carbonyl (C=O) groups excluding carboxylic acids is 1. The van der Waals surface area contributed by atoms with Gasteiger partial charge in [0.1, 0.15) is 30.6 Å². The van der Waals surface area contributed by atoms with E-state index in [0.29, 0.717) is 4.57 Å². The van der Waals surface area contributed by atoms with Crippen molar-refractivity contribution >= 4 is 13.7 Å². The van der Waals surface area contributed by atoms with Gasteiger partial charge in [0.2, 0.25) is 0 Å². The molecule has 2 unspecified atom stereocenters. The minimum Gasteiger partial charge on any atom is -0.464 e. The van der Waals surface area contributed by atoms with Crippen molar-refractivity contribution in [2.24, 2.45) is 5.92 Å². The molecular weight excluding hydrogens is 523 g/mol. The smallest absolute Gasteiger partial charge is 0.459 e. The summed E-state index contributed by atoms with van der Waals surface area (Å²) in [6, 6.07) is 10.6. The summed E-state index contributed by atoms with van der Waals surface area (Å²) in [4.78, 5) is 37.6. The number of aromatic nitrogens is 2. The van der Waals surface area contributed by atoms with Crippen molar-refractivity contribution in [2.45, 2.75) is 49.9 Å². The standard InChI is InChI=1S/C23H27N4O10P/c1-14(2)19(29)34-12-10-25-38(33,36-15-7-5-4-6-8-15)37-18-17-23(18,32)21(3,31)22(13-24,35-17)27-11-9-16(28)26-20(27)30/h4-9,11,14,17-18,31-32H,10,12H2,1-3H3,(H,25,33)(H,26,28,30)/t17-,18?,21+,22-,23+,38?/m1/s1. The molecule has 204 valence electrons. The highest BCUT2D eigenvalue weighted by atomic mass is 31.2. The number of hydrogen-bond acceptors (Lipinski definition) is 11. The first-order valence-electron chi connectivity index (χ1n) is 11.6. The van der Waals surface area contributed by atoms with Gasteiger partial charge in [-0.15, -0.1) is 0 Å². The first-order chi connectivity index (χ1) is 17.8. The van der Waals surface area contributed by atoms with Gasteiger partial charge in [-0.1, -0.05) is 32.0 Å². The third kappa shape index (κ3) is 4.47. The minimum absolute atomic E-state index is 0.148. The molecule has 2 aromatic rings. The SMILES string of the molecule is CC(C)C(=O)OCCNP(=O)(Oc1ccccc1)OC1[C@H]2O[C@@](C#N)(n3ccc(=O)[nH]c3=O)[C@](C)(O)[C@@]12O. The molecule has 1 aliphatic heterocycles. The molecule has 1 aliphatic carbocycles. The Kier molecular flexibility index (Phi) is 7.13. The predicted octanol–water partition coefficient (Wildman–Crippen LogP) is -0.0314. The molecule has 0 spiro atoms. The largest absolute Gasteiger partial charge is 0.464 e. The molecule has 1 aromatic carbocycles. The Labute approximate surface area is 216 Å². The molecule has 2 fully saturated rings. The van der Waals surface area contributed by atoms with E-state index in [1.165, 1.54) is 12.1 Å². The molecule has 4 N–H and O–H groups in total. The fraction of sp³-hybridized carbons (Fsp3) is 0.478. The highest BCUT2D eigenvalue weighted by molar-refractivity contribution is 7.52. The van der Waals surface area contributed by atoms with Gasteiger partial charge in [-0.2, -0.15) is 5.26 Å². The lowest BCUT2D eigenvalue weighted by molar-refractivity contribution is -0.198. The summed E-state index contributed by atoms with van der Waals surface area (Å²) in [5.41, 5.74) is -9.05. The quantitative estimate of drug-likeness (QED) is 0.175. The van der Waals surface area contributed by atoms with Crippen LogP contribution in [0.25, 0.3) is 0 Å². The minimum atomic E-state index is -4.30. The monoisotopic (exact) mass is 550 g/mol. The molecule has 2 aliphatic rings. The van der Waals surface area contributed by atoms with Crippen LogP contribution in [0.1, 0.15) is 20.8 Å². The summed E-state index contributed by atoms with van der Waals surface area (Å²) in [5.74, 6) is -0.681. The summed E-state index contributed by atoms with van der Waals surface area (Å²) in [6.45, 7) is 4.05. The number of nitrogens with zero attached hydrogens (tertiary/aromatic N) is 2. The lowest BCUT2D eigenvalue weighted by Crippen LogP contribution is -2.62. The van der Waals surface area contributed by atoms with Gasteiger partial charge in [0.15, 0.2) is 11.2 Å². The van der Waals surface area contributed by atoms with E-state index in [0.717, 1.165) is 19.2 Å². The van der Waals surface area contributed by atoms with Crippen molar-refractivity contribution in [3.05, 3.63) is 63.4 Å². The van der Waals surface area contributed by atoms with Gasteiger partial charge in [0.05, 0.1) is 5.92 Å². The van der Waals surface area contributed by atoms with Crippen molar-refractivity contribution in [2.75, 3.05) is 13.2 Å². The molecule has 38 heavy (non-hydrogen) atoms. The van der Waals surface area contributed by atoms with Gasteiger partial charge in [-0.3, -0.25) is 23.7 Å². The topological polar surface area (TPSA) is 202 Å². The zero-order chi connectivity index (χ0) is 27.9. The number of nitriles is 1. The van der Waals surface area contributed by atoms with Crippen LogP contribution in [0, 0.1) is 17.2 Å². The van der Waals surface area contributed by atoms with Gasteiger partial charge in [0.25, 0.3) is 11.3 Å². The number of aromatic amines is 1. The summed E-state index contributed by atoms with van der Waals surface area (Å²) in [6.07, 6.45) is -1.92. The van der Waals surface area contributed by atoms with Gasteiger partial charge in [-0.25, -0.2) is 14.4 Å². The van der Waals surface area contributed by atoms with Gasteiger partial charge >= 0.3 is 19.4 Å². The Morgan fingerprint density at radius 1 is 1.29 bits per heavy atom. The number of carbonyl (C=O) groups is 1. The van der Waals surface area contributed by atoms with Crippen LogP contribution in [0.15, 0.2) is 52.2 Å². The fourth-order valence-corrected chi connectivity index (χ4v) is 5.75. The molecule has 14 nitrogen and oxygen atoms in total. The van der Waals surface area contributed by atoms with Crippen LogP contribution in [0.4, 0.5) is 0 Å². The maximum Gasteiger partial charge on any atom is 0.459 e. The van der Waals surface area contributed by atoms with Crippen molar-refractivity contribution in [3.63, 3.8) is 0 Å². The second kappa shape index (κ2) is 9.77. The number of aliphatic hydroxyl groups is 2. The molecule has 4 rings (SSSR count). The van der Waals surface area contributed by atoms with Crippen molar-refractivity contribution in [1.29, 1.82) is 5.26 Å². The van der Waals surface area contributed by atoms with Gasteiger partial charge in [0, 0.05) is 18.8 Å². The molecule has 1 aromatic heterocycles. The molecular formula is C23H27N4O10P. The van der Waals surface area contributed by atoms with E-state index < -0.39 is 54.1 Å². The summed E-state index contributed by atoms with van der Waals surface area (Å²) in [7, 11) is -4.30. The number of benzene rings is 1. The number of ether oxygens (including phenoxy) is 2. The second-order valence-electron chi connectivity index (χ2n) is 9.33. The number of H-pyrrole nitrogens is 1. The first kappa shape index (κ1) is 27.7. The summed E-state index contributed by atoms with van der Waals surface area (Å²) in [5, 5.41) is 35.2. The number of hydrogen-bond donors (Lipinski definition) is 4. The number of para-hydroxylation sites is 1. The molecule has 2 heterocycles. The van der Waals surface area contributed by atoms with Crippen molar-refractivity contribution < 1.29 is 38.1 Å². The predicted molar refractivity (Wildman–Crippen MR) is 129 cm³/mol. The van der Waals surface area contributed by atoms with E-state index in [1.807, 2.05) is 4.98 Å². The Hall–Kier alpha value is -3.31. The zero-order valence-corrected chi connectivity index (χ0v) is 21.6. The molecule has 1 saturated carbocycles. The number of fused-ring (bicyclic) bond motifs is 1. The van der Waals surface area contributed by atoms with Crippen LogP contribution in [0.5, 0.6) is 5.75 Å². The average Bonchev–Trinajstić information content (AvgIpc) is 3.35. The van der Waals surface area contributed by atoms with Gasteiger partial charge in [-0.05, 0) is 19.1 Å². The number of nitrogens with one attached hydrogen (secondary N) is 2. The molecule has 15 heteroatoms. The molecule has 0 bridgehead atoms. The zero-order valence-electron chi connectivity index (χ0n) is 20.7. The van der Waals surface area contributed by atoms with Crippen LogP contribution in [-0.4, -0.2) is 62.3 Å². The Morgan fingerprint density at radius 2 is 1.97 bits per heavy atom. The molecule has 0 amide bonds. The maximum absolute atomic E-state index is 13.7. The molecule has 1 saturated heterocycles. The van der Waals surface area contributed by atoms with Crippen LogP contribution < -0.4 is 20.9 Å². The van der Waals surface area contributed by atoms with E-state index >= 15 is 0 Å². The van der Waals surface area contributed by atoms with E-state index in [4.69, 9.17) is 18.5 Å². The lowest BCUT2D eigenvalue weighted by Gasteiger charge is -2.39. The Balaban J connectivity index is 1.57. The van der Waals surface area contributed by atoms with E-state index in [-0.39, 0.29) is 24.8 Å². The van der Waals surface area contributed by atoms with Gasteiger partial charge < -0.3 is 24.2 Å². The first-order valence-corrected chi connectivity index (χ1v) is 13.2. The van der Waals surface area contributed by atoms with Crippen LogP contribution in [0.3, 0.4) is 0 Å². The third-order valence-electron chi connectivity index (χ3n) is 6.43. The number of rotatable bonds is 10. The number of esters is 1. The maximum atomic E-state index is 13.7. The Morgan fingerprint density at radius 3 is 2.53 bits per heavy atom. The van der Waals surface area contributed by atoms with Crippen LogP contribution >= 0.6 is 7.75 Å². The van der Waals surface area contributed by atoms with Crippen molar-refractivity contribution in [3.8, 4) is 11.8 Å². The third-order valence-corrected chi connectivity index (χ3v) is 8.00. The second-order valence-corrected chi connectivity index (χ2v) is 11.0. The Bertz CT molecular complexity index is 1420.